The highest BCUT2D eigenvalue weighted by Crippen LogP contribution is 2.28. The highest BCUT2D eigenvalue weighted by atomic mass is 16.5. The van der Waals surface area contributed by atoms with Gasteiger partial charge < -0.3 is 14.8 Å². The van der Waals surface area contributed by atoms with Gasteiger partial charge in [-0.05, 0) is 50.1 Å². The number of nitrogens with zero attached hydrogens (tertiary/aromatic N) is 2. The van der Waals surface area contributed by atoms with E-state index < -0.39 is 0 Å². The Bertz CT molecular complexity index is 751. The van der Waals surface area contributed by atoms with Crippen LogP contribution < -0.4 is 14.8 Å². The molecule has 0 unspecified atom stereocenters. The van der Waals surface area contributed by atoms with Gasteiger partial charge in [0.2, 0.25) is 0 Å². The van der Waals surface area contributed by atoms with Crippen LogP contribution in [0, 0.1) is 11.3 Å². The molecule has 0 bridgehead atoms. The van der Waals surface area contributed by atoms with Gasteiger partial charge in [-0.1, -0.05) is 6.07 Å². The topological polar surface area (TPSA) is 84.2 Å². The SMILES string of the molecule is CCOc1ccc(CCNC(=O)c2ccc(C#N)nc2)cc1OCC. The molecule has 1 aromatic carbocycles. The number of carbonyl (C=O) groups excluding carboxylic acids is 1. The predicted octanol–water partition coefficient (Wildman–Crippen LogP) is 2.72. The third kappa shape index (κ3) is 5.21. The van der Waals surface area contributed by atoms with Gasteiger partial charge in [0, 0.05) is 12.7 Å². The molecule has 130 valence electrons. The van der Waals surface area contributed by atoms with Crippen molar-refractivity contribution in [3.63, 3.8) is 0 Å². The van der Waals surface area contributed by atoms with Gasteiger partial charge >= 0.3 is 0 Å². The number of amides is 1. The van der Waals surface area contributed by atoms with Crippen LogP contribution >= 0.6 is 0 Å². The molecule has 0 saturated carbocycles. The van der Waals surface area contributed by atoms with E-state index in [9.17, 15) is 4.79 Å². The molecule has 2 aromatic rings. The smallest absolute Gasteiger partial charge is 0.252 e. The van der Waals surface area contributed by atoms with Crippen molar-refractivity contribution in [2.75, 3.05) is 19.8 Å². The van der Waals surface area contributed by atoms with E-state index in [1.54, 1.807) is 6.07 Å². The standard InChI is InChI=1S/C19H21N3O3/c1-3-24-17-8-5-14(11-18(17)25-4-2)9-10-21-19(23)15-6-7-16(12-20)22-13-15/h5-8,11,13H,3-4,9-10H2,1-2H3,(H,21,23). The number of carbonyl (C=O) groups is 1. The minimum absolute atomic E-state index is 0.215. The first-order valence-corrected chi connectivity index (χ1v) is 8.20. The van der Waals surface area contributed by atoms with Crippen LogP contribution in [0.4, 0.5) is 0 Å². The van der Waals surface area contributed by atoms with Crippen molar-refractivity contribution in [1.82, 2.24) is 10.3 Å². The molecule has 0 aliphatic carbocycles. The van der Waals surface area contributed by atoms with Gasteiger partial charge in [0.25, 0.3) is 5.91 Å². The van der Waals surface area contributed by atoms with Crippen molar-refractivity contribution >= 4 is 5.91 Å². The Kier molecular flexibility index (Phi) is 6.78. The lowest BCUT2D eigenvalue weighted by atomic mass is 10.1. The zero-order valence-corrected chi connectivity index (χ0v) is 14.4. The molecule has 0 atom stereocenters. The van der Waals surface area contributed by atoms with Gasteiger partial charge in [-0.25, -0.2) is 4.98 Å². The van der Waals surface area contributed by atoms with E-state index >= 15 is 0 Å². The summed E-state index contributed by atoms with van der Waals surface area (Å²) in [5.41, 5.74) is 1.76. The van der Waals surface area contributed by atoms with E-state index in [-0.39, 0.29) is 11.6 Å². The second kappa shape index (κ2) is 9.28. The molecule has 0 aliphatic rings. The molecule has 0 radical (unpaired) electrons. The van der Waals surface area contributed by atoms with E-state index in [0.717, 1.165) is 11.3 Å². The number of rotatable bonds is 8. The summed E-state index contributed by atoms with van der Waals surface area (Å²) >= 11 is 0. The average molecular weight is 339 g/mol. The van der Waals surface area contributed by atoms with Gasteiger partial charge in [0.15, 0.2) is 11.5 Å². The number of aromatic nitrogens is 1. The predicted molar refractivity (Wildman–Crippen MR) is 93.8 cm³/mol. The molecular formula is C19H21N3O3. The Labute approximate surface area is 147 Å². The van der Waals surface area contributed by atoms with Gasteiger partial charge in [0.05, 0.1) is 18.8 Å². The van der Waals surface area contributed by atoms with Crippen LogP contribution in [0.15, 0.2) is 36.5 Å². The average Bonchev–Trinajstić information content (AvgIpc) is 2.64. The molecule has 2 rings (SSSR count). The van der Waals surface area contributed by atoms with Crippen LogP contribution in [0.2, 0.25) is 0 Å². The maximum absolute atomic E-state index is 12.1. The molecule has 0 saturated heterocycles. The van der Waals surface area contributed by atoms with E-state index in [4.69, 9.17) is 14.7 Å². The molecule has 25 heavy (non-hydrogen) atoms. The first-order valence-electron chi connectivity index (χ1n) is 8.20. The van der Waals surface area contributed by atoms with Crippen molar-refractivity contribution in [2.24, 2.45) is 0 Å². The normalized spacial score (nSPS) is 9.96. The minimum Gasteiger partial charge on any atom is -0.490 e. The molecule has 0 fully saturated rings. The Morgan fingerprint density at radius 2 is 1.92 bits per heavy atom. The van der Waals surface area contributed by atoms with Crippen molar-refractivity contribution in [2.45, 2.75) is 20.3 Å². The monoisotopic (exact) mass is 339 g/mol. The third-order valence-electron chi connectivity index (χ3n) is 3.45. The van der Waals surface area contributed by atoms with Crippen LogP contribution in [0.25, 0.3) is 0 Å². The fourth-order valence-electron chi connectivity index (χ4n) is 2.27. The lowest BCUT2D eigenvalue weighted by Crippen LogP contribution is -2.25. The summed E-state index contributed by atoms with van der Waals surface area (Å²) in [5, 5.41) is 11.6. The van der Waals surface area contributed by atoms with Crippen molar-refractivity contribution in [3.05, 3.63) is 53.3 Å². The number of benzene rings is 1. The maximum Gasteiger partial charge on any atom is 0.252 e. The fraction of sp³-hybridized carbons (Fsp3) is 0.316. The Morgan fingerprint density at radius 1 is 1.16 bits per heavy atom. The zero-order chi connectivity index (χ0) is 18.1. The maximum atomic E-state index is 12.1. The highest BCUT2D eigenvalue weighted by Gasteiger charge is 2.08. The van der Waals surface area contributed by atoms with Gasteiger partial charge in [-0.3, -0.25) is 4.79 Å². The highest BCUT2D eigenvalue weighted by molar-refractivity contribution is 5.93. The fourth-order valence-corrected chi connectivity index (χ4v) is 2.27. The first kappa shape index (κ1) is 18.3. The van der Waals surface area contributed by atoms with Gasteiger partial charge in [0.1, 0.15) is 11.8 Å². The molecule has 0 aliphatic heterocycles. The van der Waals surface area contributed by atoms with Crippen LogP contribution in [0.1, 0.15) is 35.5 Å². The van der Waals surface area contributed by atoms with Crippen LogP contribution in [-0.4, -0.2) is 30.6 Å². The van der Waals surface area contributed by atoms with E-state index in [2.05, 4.69) is 10.3 Å². The van der Waals surface area contributed by atoms with Crippen molar-refractivity contribution in [3.8, 4) is 17.6 Å². The Morgan fingerprint density at radius 3 is 2.56 bits per heavy atom. The molecule has 1 N–H and O–H groups in total. The van der Waals surface area contributed by atoms with E-state index in [0.29, 0.717) is 37.5 Å². The summed E-state index contributed by atoms with van der Waals surface area (Å²) < 4.78 is 11.1. The molecule has 1 aromatic heterocycles. The molecular weight excluding hydrogens is 318 g/mol. The lowest BCUT2D eigenvalue weighted by Gasteiger charge is -2.12. The van der Waals surface area contributed by atoms with Crippen LogP contribution in [0.3, 0.4) is 0 Å². The molecule has 1 amide bonds. The number of pyridine rings is 1. The van der Waals surface area contributed by atoms with E-state index in [1.807, 2.05) is 38.1 Å². The Balaban J connectivity index is 1.93. The molecule has 1 heterocycles. The van der Waals surface area contributed by atoms with Crippen LogP contribution in [-0.2, 0) is 6.42 Å². The number of nitriles is 1. The second-order valence-electron chi connectivity index (χ2n) is 5.20. The molecule has 0 spiro atoms. The van der Waals surface area contributed by atoms with Crippen molar-refractivity contribution in [1.29, 1.82) is 5.26 Å². The minimum atomic E-state index is -0.215. The summed E-state index contributed by atoms with van der Waals surface area (Å²) in [6.45, 7) is 5.48. The largest absolute Gasteiger partial charge is 0.490 e. The lowest BCUT2D eigenvalue weighted by molar-refractivity contribution is 0.0954. The number of nitrogens with one attached hydrogen (secondary N) is 1. The quantitative estimate of drug-likeness (QED) is 0.799. The summed E-state index contributed by atoms with van der Waals surface area (Å²) in [4.78, 5) is 16.0. The van der Waals surface area contributed by atoms with Crippen LogP contribution in [0.5, 0.6) is 11.5 Å². The van der Waals surface area contributed by atoms with Gasteiger partial charge in [-0.2, -0.15) is 5.26 Å². The first-order chi connectivity index (χ1) is 12.2. The Hall–Kier alpha value is -3.07. The van der Waals surface area contributed by atoms with E-state index in [1.165, 1.54) is 12.3 Å². The summed E-state index contributed by atoms with van der Waals surface area (Å²) in [5.74, 6) is 1.22. The second-order valence-corrected chi connectivity index (χ2v) is 5.20. The number of ether oxygens (including phenoxy) is 2. The zero-order valence-electron chi connectivity index (χ0n) is 14.4. The number of hydrogen-bond acceptors (Lipinski definition) is 5. The molecule has 6 heteroatoms. The molecule has 6 nitrogen and oxygen atoms in total. The van der Waals surface area contributed by atoms with Crippen molar-refractivity contribution < 1.29 is 14.3 Å². The van der Waals surface area contributed by atoms with Gasteiger partial charge in [-0.15, -0.1) is 0 Å². The summed E-state index contributed by atoms with van der Waals surface area (Å²) in [6, 6.07) is 10.8. The number of hydrogen-bond donors (Lipinski definition) is 1. The summed E-state index contributed by atoms with van der Waals surface area (Å²) in [6.07, 6.45) is 2.07. The summed E-state index contributed by atoms with van der Waals surface area (Å²) in [7, 11) is 0. The third-order valence-corrected chi connectivity index (χ3v) is 3.45.